The molecule has 1 atom stereocenters. The van der Waals surface area contributed by atoms with E-state index in [-0.39, 0.29) is 0 Å². The van der Waals surface area contributed by atoms with Crippen LogP contribution in [0.2, 0.25) is 0 Å². The minimum absolute atomic E-state index is 0.610. The van der Waals surface area contributed by atoms with Gasteiger partial charge in [0.05, 0.1) is 18.3 Å². The number of thioether (sulfide) groups is 1. The van der Waals surface area contributed by atoms with Crippen molar-refractivity contribution >= 4 is 21.9 Å². The summed E-state index contributed by atoms with van der Waals surface area (Å²) in [5.74, 6) is 3.48. The smallest absolute Gasteiger partial charge is 0.261 e. The van der Waals surface area contributed by atoms with Gasteiger partial charge in [0, 0.05) is 13.1 Å². The van der Waals surface area contributed by atoms with E-state index in [1.54, 1.807) is 18.9 Å². The molecule has 0 saturated carbocycles. The molecule has 170 valence electrons. The van der Waals surface area contributed by atoms with Crippen LogP contribution in [-0.4, -0.2) is 57.3 Å². The first-order chi connectivity index (χ1) is 14.7. The molecule has 2 aromatic rings. The van der Waals surface area contributed by atoms with Gasteiger partial charge >= 0.3 is 0 Å². The van der Waals surface area contributed by atoms with Gasteiger partial charge < -0.3 is 14.4 Å². The van der Waals surface area contributed by atoms with Gasteiger partial charge in [-0.3, -0.25) is 4.55 Å². The van der Waals surface area contributed by atoms with E-state index in [0.29, 0.717) is 12.2 Å². The third-order valence-electron chi connectivity index (χ3n) is 5.56. The van der Waals surface area contributed by atoms with Crippen LogP contribution in [0.15, 0.2) is 41.3 Å². The van der Waals surface area contributed by atoms with Crippen molar-refractivity contribution in [3.63, 3.8) is 0 Å². The number of hydrogen-bond donors (Lipinski definition) is 1. The highest BCUT2D eigenvalue weighted by molar-refractivity contribution is 7.99. The lowest BCUT2D eigenvalue weighted by atomic mass is 9.82. The summed E-state index contributed by atoms with van der Waals surface area (Å²) >= 11 is 1.78. The molecular formula is C23H31NO5S2. The quantitative estimate of drug-likeness (QED) is 0.640. The molecule has 0 saturated heterocycles. The van der Waals surface area contributed by atoms with Crippen LogP contribution in [0, 0.1) is 0 Å². The van der Waals surface area contributed by atoms with Crippen molar-refractivity contribution in [2.75, 3.05) is 39.4 Å². The fourth-order valence-electron chi connectivity index (χ4n) is 4.18. The second-order valence-corrected chi connectivity index (χ2v) is 10.5. The van der Waals surface area contributed by atoms with Crippen molar-refractivity contribution in [3.8, 4) is 11.5 Å². The van der Waals surface area contributed by atoms with Gasteiger partial charge in [-0.25, -0.2) is 0 Å². The predicted molar refractivity (Wildman–Crippen MR) is 125 cm³/mol. The second-order valence-electron chi connectivity index (χ2n) is 8.05. The SMILES string of the molecule is COc1cccc2c1CCCC2CN(C)CCc1ccc2c(c1)OCS2.CS(=O)(=O)O. The number of nitrogens with zero attached hydrogens (tertiary/aromatic N) is 1. The molecule has 0 fully saturated rings. The Morgan fingerprint density at radius 3 is 2.81 bits per heavy atom. The monoisotopic (exact) mass is 465 g/mol. The number of likely N-dealkylation sites (N-methyl/N-ethyl adjacent to an activating group) is 1. The van der Waals surface area contributed by atoms with Gasteiger partial charge in [-0.05, 0) is 73.5 Å². The lowest BCUT2D eigenvalue weighted by Gasteiger charge is -2.30. The third kappa shape index (κ3) is 7.14. The first kappa shape index (κ1) is 23.9. The topological polar surface area (TPSA) is 76.1 Å². The van der Waals surface area contributed by atoms with Crippen LogP contribution in [0.3, 0.4) is 0 Å². The van der Waals surface area contributed by atoms with Crippen molar-refractivity contribution in [2.45, 2.75) is 36.5 Å². The predicted octanol–water partition coefficient (Wildman–Crippen LogP) is 4.24. The fraction of sp³-hybridized carbons (Fsp3) is 0.478. The summed E-state index contributed by atoms with van der Waals surface area (Å²) in [6.07, 6.45) is 5.45. The highest BCUT2D eigenvalue weighted by Gasteiger charge is 2.23. The Balaban J connectivity index is 0.000000491. The van der Waals surface area contributed by atoms with Crippen LogP contribution in [0.25, 0.3) is 0 Å². The largest absolute Gasteiger partial charge is 0.496 e. The molecule has 0 radical (unpaired) electrons. The lowest BCUT2D eigenvalue weighted by molar-refractivity contribution is 0.299. The Morgan fingerprint density at radius 2 is 2.06 bits per heavy atom. The summed E-state index contributed by atoms with van der Waals surface area (Å²) in [6.45, 7) is 2.18. The number of ether oxygens (including phenoxy) is 2. The molecule has 0 amide bonds. The molecule has 1 aliphatic heterocycles. The molecule has 1 aliphatic carbocycles. The molecule has 6 nitrogen and oxygen atoms in total. The number of hydrogen-bond acceptors (Lipinski definition) is 6. The first-order valence-electron chi connectivity index (χ1n) is 10.4. The second kappa shape index (κ2) is 10.7. The van der Waals surface area contributed by atoms with Gasteiger partial charge in [-0.15, -0.1) is 0 Å². The minimum Gasteiger partial charge on any atom is -0.496 e. The molecular weight excluding hydrogens is 434 g/mol. The molecule has 4 rings (SSSR count). The highest BCUT2D eigenvalue weighted by atomic mass is 32.2. The van der Waals surface area contributed by atoms with E-state index in [2.05, 4.69) is 48.3 Å². The van der Waals surface area contributed by atoms with Gasteiger partial charge in [-0.2, -0.15) is 8.42 Å². The Bertz CT molecular complexity index is 985. The molecule has 0 spiro atoms. The molecule has 0 bridgehead atoms. The molecule has 2 aromatic carbocycles. The summed E-state index contributed by atoms with van der Waals surface area (Å²) < 4.78 is 37.1. The van der Waals surface area contributed by atoms with Crippen LogP contribution < -0.4 is 9.47 Å². The van der Waals surface area contributed by atoms with Crippen LogP contribution in [0.5, 0.6) is 11.5 Å². The third-order valence-corrected chi connectivity index (χ3v) is 6.44. The van der Waals surface area contributed by atoms with Crippen molar-refractivity contribution in [2.24, 2.45) is 0 Å². The van der Waals surface area contributed by atoms with Gasteiger partial charge in [-0.1, -0.05) is 30.0 Å². The zero-order valence-corrected chi connectivity index (χ0v) is 20.0. The zero-order chi connectivity index (χ0) is 22.4. The summed E-state index contributed by atoms with van der Waals surface area (Å²) in [5, 5.41) is 0. The summed E-state index contributed by atoms with van der Waals surface area (Å²) in [7, 11) is 0.359. The Kier molecular flexibility index (Phi) is 8.27. The van der Waals surface area contributed by atoms with Gasteiger partial charge in [0.2, 0.25) is 0 Å². The highest BCUT2D eigenvalue weighted by Crippen LogP contribution is 2.38. The van der Waals surface area contributed by atoms with Crippen molar-refractivity contribution in [3.05, 3.63) is 53.1 Å². The maximum Gasteiger partial charge on any atom is 0.261 e. The van der Waals surface area contributed by atoms with Crippen LogP contribution in [0.1, 0.15) is 35.4 Å². The molecule has 2 aliphatic rings. The van der Waals surface area contributed by atoms with E-state index in [1.165, 1.54) is 34.4 Å². The average molecular weight is 466 g/mol. The fourth-order valence-corrected chi connectivity index (χ4v) is 4.92. The number of methoxy groups -OCH3 is 1. The average Bonchev–Trinajstić information content (AvgIpc) is 3.19. The summed E-state index contributed by atoms with van der Waals surface area (Å²) in [5.41, 5.74) is 4.28. The maximum atomic E-state index is 9.19. The van der Waals surface area contributed by atoms with Gasteiger partial charge in [0.1, 0.15) is 17.4 Å². The zero-order valence-electron chi connectivity index (χ0n) is 18.3. The van der Waals surface area contributed by atoms with Gasteiger partial charge in [0.25, 0.3) is 10.1 Å². The molecule has 1 N–H and O–H groups in total. The minimum atomic E-state index is -3.67. The van der Waals surface area contributed by atoms with Crippen molar-refractivity contribution in [1.82, 2.24) is 4.90 Å². The van der Waals surface area contributed by atoms with E-state index in [1.807, 2.05) is 0 Å². The Labute approximate surface area is 189 Å². The number of benzene rings is 2. The molecule has 31 heavy (non-hydrogen) atoms. The van der Waals surface area contributed by atoms with Gasteiger partial charge in [0.15, 0.2) is 0 Å². The van der Waals surface area contributed by atoms with E-state index in [9.17, 15) is 8.42 Å². The molecule has 1 heterocycles. The van der Waals surface area contributed by atoms with Crippen LogP contribution in [-0.2, 0) is 23.0 Å². The Hall–Kier alpha value is -1.74. The lowest BCUT2D eigenvalue weighted by Crippen LogP contribution is -2.28. The molecule has 8 heteroatoms. The van der Waals surface area contributed by atoms with E-state index < -0.39 is 10.1 Å². The normalized spacial score (nSPS) is 17.3. The van der Waals surface area contributed by atoms with Crippen molar-refractivity contribution < 1.29 is 22.4 Å². The molecule has 1 unspecified atom stereocenters. The van der Waals surface area contributed by atoms with E-state index >= 15 is 0 Å². The first-order valence-corrected chi connectivity index (χ1v) is 13.2. The standard InChI is InChI=1S/C22H27NO2S.CH4O3S/c1-23(12-11-16-9-10-22-21(13-16)25-15-26-22)14-17-5-3-7-19-18(17)6-4-8-20(19)24-2;1-5(2,3)4/h4,6,8-10,13,17H,3,5,7,11-12,14-15H2,1-2H3;1H3,(H,2,3,4). The number of fused-ring (bicyclic) bond motifs is 2. The maximum absolute atomic E-state index is 9.19. The van der Waals surface area contributed by atoms with E-state index in [0.717, 1.165) is 43.4 Å². The summed E-state index contributed by atoms with van der Waals surface area (Å²) in [4.78, 5) is 3.75. The Morgan fingerprint density at radius 1 is 1.29 bits per heavy atom. The summed E-state index contributed by atoms with van der Waals surface area (Å²) in [6, 6.07) is 13.2. The molecule has 0 aromatic heterocycles. The van der Waals surface area contributed by atoms with E-state index in [4.69, 9.17) is 14.0 Å². The van der Waals surface area contributed by atoms with Crippen LogP contribution >= 0.6 is 11.8 Å². The van der Waals surface area contributed by atoms with Crippen molar-refractivity contribution in [1.29, 1.82) is 0 Å². The number of rotatable bonds is 6. The van der Waals surface area contributed by atoms with Crippen LogP contribution in [0.4, 0.5) is 0 Å².